The van der Waals surface area contributed by atoms with E-state index in [0.717, 1.165) is 21.6 Å². The van der Waals surface area contributed by atoms with Gasteiger partial charge >= 0.3 is 0 Å². The summed E-state index contributed by atoms with van der Waals surface area (Å²) >= 11 is 6.53. The van der Waals surface area contributed by atoms with Crippen LogP contribution in [0.15, 0.2) is 21.1 Å². The van der Waals surface area contributed by atoms with Gasteiger partial charge in [-0.2, -0.15) is 0 Å². The van der Waals surface area contributed by atoms with Crippen LogP contribution in [0.3, 0.4) is 0 Å². The Bertz CT molecular complexity index is 2150. The number of nitrogens with one attached hydrogen (secondary N) is 7. The molecule has 0 aliphatic carbocycles. The van der Waals surface area contributed by atoms with Crippen molar-refractivity contribution in [1.29, 1.82) is 0 Å². The summed E-state index contributed by atoms with van der Waals surface area (Å²) in [5, 5.41) is 28.2. The van der Waals surface area contributed by atoms with Crippen LogP contribution >= 0.6 is 53.4 Å². The number of hydrogen-bond donors (Lipinski definition) is 12. The highest BCUT2D eigenvalue weighted by atomic mass is 79.9. The van der Waals surface area contributed by atoms with Crippen molar-refractivity contribution in [3.63, 3.8) is 0 Å². The van der Waals surface area contributed by atoms with Crippen LogP contribution in [0.2, 0.25) is 0 Å². The maximum Gasteiger partial charge on any atom is 0.246 e. The van der Waals surface area contributed by atoms with Crippen molar-refractivity contribution < 1.29 is 57.8 Å². The van der Waals surface area contributed by atoms with E-state index in [9.17, 15) is 57.8 Å². The quantitative estimate of drug-likeness (QED) is 0.0745. The summed E-state index contributed by atoms with van der Waals surface area (Å²) in [6.45, 7) is 6.58. The molecule has 0 bridgehead atoms. The van der Waals surface area contributed by atoms with Gasteiger partial charge in [-0.15, -0.1) is 0 Å². The molecular weight excluding hydrogens is 1100 g/mol. The molecule has 0 spiro atoms. The molecular formula is C43H64Br2N12O12S2. The van der Waals surface area contributed by atoms with E-state index in [4.69, 9.17) is 22.9 Å². The fraction of sp³-hybridized carbons (Fsp3) is 0.605. The smallest absolute Gasteiger partial charge is 0.246 e. The topological polar surface area (TPSA) is 400 Å². The van der Waals surface area contributed by atoms with Gasteiger partial charge in [-0.1, -0.05) is 55.7 Å². The number of carbonyl (C=O) groups is 11. The van der Waals surface area contributed by atoms with Crippen molar-refractivity contribution in [2.45, 2.75) is 127 Å². The van der Waals surface area contributed by atoms with Gasteiger partial charge in [0.2, 0.25) is 65.0 Å². The van der Waals surface area contributed by atoms with Crippen LogP contribution < -0.4 is 60.2 Å². The largest absolute Gasteiger partial charge is 0.506 e. The van der Waals surface area contributed by atoms with Gasteiger partial charge < -0.3 is 70.2 Å². The molecule has 0 radical (unpaired) electrons. The summed E-state index contributed by atoms with van der Waals surface area (Å²) in [4.78, 5) is 149. The minimum atomic E-state index is -1.76. The summed E-state index contributed by atoms with van der Waals surface area (Å²) in [6.07, 6.45) is -0.807. The third-order valence-corrected chi connectivity index (χ3v) is 15.1. The second kappa shape index (κ2) is 28.7. The lowest BCUT2D eigenvalue weighted by atomic mass is 9.96. The van der Waals surface area contributed by atoms with Gasteiger partial charge in [0.15, 0.2) is 0 Å². The standard InChI is InChI=1S/C43H64Br2N12O12S2/c1-5-20(4)34-42(68)51-25(8-9-31(47)58)38(64)53-28(15-32(48)59)39(65)55-29(43(69)57-10-6-7-30(57)41(67)54-26(11-19(2)3)37(63)50-16-33(49)60)18-71-70-17-24(46)36(62)52-27(40(66)56-34)14-21-12-22(44)35(61)23(45)13-21/h12-13,19-20,24-30,34,61H,5-11,14-18,46H2,1-4H3,(H2,47,58)(H2,48,59)(H2,49,60)(H,50,63)(H,51,68)(H,52,62)(H,53,64)(H,54,67)(H,55,65)(H,56,66)/t20-,24-,25?,26-,27-,28-,29-,30-,34-/m0/s1. The van der Waals surface area contributed by atoms with Crippen molar-refractivity contribution in [2.75, 3.05) is 24.6 Å². The van der Waals surface area contributed by atoms with Gasteiger partial charge in [-0.05, 0) is 87.1 Å². The van der Waals surface area contributed by atoms with Crippen LogP contribution in [0, 0.1) is 11.8 Å². The van der Waals surface area contributed by atoms with Crippen LogP contribution in [0.5, 0.6) is 5.75 Å². The lowest BCUT2D eigenvalue weighted by molar-refractivity contribution is -0.142. The summed E-state index contributed by atoms with van der Waals surface area (Å²) in [7, 11) is 2.03. The summed E-state index contributed by atoms with van der Waals surface area (Å²) in [6, 6.07) is -7.99. The third-order valence-electron chi connectivity index (χ3n) is 11.4. The van der Waals surface area contributed by atoms with Gasteiger partial charge in [0.05, 0.1) is 28.0 Å². The fourth-order valence-electron chi connectivity index (χ4n) is 7.45. The number of likely N-dealkylation sites (tertiary alicyclic amines) is 1. The first-order valence-corrected chi connectivity index (χ1v) is 26.8. The molecule has 11 amide bonds. The van der Waals surface area contributed by atoms with Crippen LogP contribution in [0.1, 0.15) is 78.2 Å². The summed E-state index contributed by atoms with van der Waals surface area (Å²) in [5.74, 6) is -10.6. The second-order valence-corrected chi connectivity index (χ2v) is 21.9. The number of primary amides is 3. The number of halogens is 2. The molecule has 16 N–H and O–H groups in total. The van der Waals surface area contributed by atoms with Crippen LogP contribution in [0.4, 0.5) is 0 Å². The highest BCUT2D eigenvalue weighted by Gasteiger charge is 2.41. The molecule has 1 aromatic rings. The number of benzene rings is 1. The zero-order valence-electron chi connectivity index (χ0n) is 39.7. The van der Waals surface area contributed by atoms with Crippen molar-refractivity contribution in [2.24, 2.45) is 34.8 Å². The van der Waals surface area contributed by atoms with Crippen molar-refractivity contribution in [1.82, 2.24) is 42.1 Å². The molecule has 28 heteroatoms. The number of phenols is 1. The molecule has 2 saturated heterocycles. The molecule has 0 aromatic heterocycles. The maximum atomic E-state index is 14.5. The molecule has 1 aromatic carbocycles. The molecule has 71 heavy (non-hydrogen) atoms. The first-order valence-electron chi connectivity index (χ1n) is 22.7. The SMILES string of the molecule is CC[C@H](C)[C@@H]1NC(=O)[C@H](Cc2cc(Br)c(O)c(Br)c2)NC(=O)[C@@H](N)CSSC[C@@H](C(=O)N2CCC[C@H]2C(=O)N[C@@H](CC(C)C)C(=O)NCC(N)=O)NC(=O)[C@H](CC(N)=O)NC(=O)C(CCC(N)=O)NC1=O. The lowest BCUT2D eigenvalue weighted by Crippen LogP contribution is -2.61. The zero-order valence-corrected chi connectivity index (χ0v) is 44.5. The number of rotatable bonds is 17. The van der Waals surface area contributed by atoms with E-state index in [2.05, 4.69) is 69.1 Å². The molecule has 24 nitrogen and oxygen atoms in total. The summed E-state index contributed by atoms with van der Waals surface area (Å²) in [5.41, 5.74) is 22.9. The maximum absolute atomic E-state index is 14.5. The molecule has 2 heterocycles. The van der Waals surface area contributed by atoms with Crippen molar-refractivity contribution in [3.8, 4) is 5.75 Å². The number of amides is 11. The van der Waals surface area contributed by atoms with E-state index in [0.29, 0.717) is 18.4 Å². The highest BCUT2D eigenvalue weighted by Crippen LogP contribution is 2.34. The van der Waals surface area contributed by atoms with Gasteiger partial charge in [0.25, 0.3) is 0 Å². The Morgan fingerprint density at radius 1 is 0.803 bits per heavy atom. The van der Waals surface area contributed by atoms with Gasteiger partial charge in [-0.3, -0.25) is 52.7 Å². The second-order valence-electron chi connectivity index (χ2n) is 17.6. The first-order chi connectivity index (χ1) is 33.3. The summed E-state index contributed by atoms with van der Waals surface area (Å²) < 4.78 is 0.547. The first kappa shape index (κ1) is 60.1. The Morgan fingerprint density at radius 3 is 1.99 bits per heavy atom. The molecule has 0 saturated carbocycles. The molecule has 3 rings (SSSR count). The molecule has 2 fully saturated rings. The van der Waals surface area contributed by atoms with E-state index >= 15 is 0 Å². The zero-order chi connectivity index (χ0) is 53.3. The van der Waals surface area contributed by atoms with Gasteiger partial charge in [0.1, 0.15) is 48.0 Å². The highest BCUT2D eigenvalue weighted by molar-refractivity contribution is 9.11. The van der Waals surface area contributed by atoms with E-state index < -0.39 is 145 Å². The minimum absolute atomic E-state index is 0.0436. The molecule has 394 valence electrons. The predicted molar refractivity (Wildman–Crippen MR) is 270 cm³/mol. The van der Waals surface area contributed by atoms with E-state index in [-0.39, 0.29) is 57.9 Å². The Hall–Kier alpha value is -5.19. The average Bonchev–Trinajstić information content (AvgIpc) is 3.79. The van der Waals surface area contributed by atoms with E-state index in [1.807, 2.05) is 13.8 Å². The van der Waals surface area contributed by atoms with E-state index in [1.165, 1.54) is 17.0 Å². The fourth-order valence-corrected chi connectivity index (χ4v) is 11.0. The molecule has 1 unspecified atom stereocenters. The number of aromatic hydroxyl groups is 1. The van der Waals surface area contributed by atoms with E-state index in [1.54, 1.807) is 13.8 Å². The Labute approximate surface area is 435 Å². The van der Waals surface area contributed by atoms with Crippen molar-refractivity contribution in [3.05, 3.63) is 26.6 Å². The number of carbonyl (C=O) groups excluding carboxylic acids is 11. The van der Waals surface area contributed by atoms with Gasteiger partial charge in [-0.25, -0.2) is 0 Å². The Morgan fingerprint density at radius 2 is 1.39 bits per heavy atom. The number of hydrogen-bond acceptors (Lipinski definition) is 15. The predicted octanol–water partition coefficient (Wildman–Crippen LogP) is -2.08. The number of nitrogens with zero attached hydrogens (tertiary/aromatic N) is 1. The third kappa shape index (κ3) is 19.1. The Balaban J connectivity index is 2.08. The minimum Gasteiger partial charge on any atom is -0.506 e. The van der Waals surface area contributed by atoms with Crippen LogP contribution in [-0.4, -0.2) is 148 Å². The van der Waals surface area contributed by atoms with Crippen molar-refractivity contribution >= 4 is 118 Å². The normalized spacial score (nSPS) is 24.0. The Kier molecular flexibility index (Phi) is 24.3. The monoisotopic (exact) mass is 1160 g/mol. The molecule has 2 aliphatic rings. The lowest BCUT2D eigenvalue weighted by Gasteiger charge is -2.31. The van der Waals surface area contributed by atoms with Crippen LogP contribution in [-0.2, 0) is 59.2 Å². The van der Waals surface area contributed by atoms with Crippen LogP contribution in [0.25, 0.3) is 0 Å². The molecule has 2 aliphatic heterocycles. The molecule has 9 atom stereocenters. The number of nitrogens with two attached hydrogens (primary N) is 4. The van der Waals surface area contributed by atoms with Gasteiger partial charge in [0, 0.05) is 30.9 Å². The average molecular weight is 1160 g/mol. The number of phenolic OH excluding ortho intramolecular Hbond substituents is 1.